The first-order valence-electron chi connectivity index (χ1n) is 60.6. The lowest BCUT2D eigenvalue weighted by Crippen LogP contribution is -2.57. The second kappa shape index (κ2) is 34.8. The fourth-order valence-electron chi connectivity index (χ4n) is 27.5. The molecule has 0 radical (unpaired) electrons. The lowest BCUT2D eigenvalue weighted by molar-refractivity contribution is -0.113. The number of aryl methyl sites for hydroxylation is 6. The maximum Gasteiger partial charge on any atom is 0.227 e. The molecule has 5 saturated carbocycles. The van der Waals surface area contributed by atoms with Gasteiger partial charge >= 0.3 is 0 Å². The van der Waals surface area contributed by atoms with Crippen molar-refractivity contribution in [2.75, 3.05) is 29.4 Å². The number of aromatic nitrogens is 2. The minimum absolute atomic E-state index is 0.116. The summed E-state index contributed by atoms with van der Waals surface area (Å²) in [5, 5.41) is 5.97. The van der Waals surface area contributed by atoms with Crippen molar-refractivity contribution in [1.82, 2.24) is 9.97 Å². The molecule has 0 amide bonds. The molecule has 6 aliphatic heterocycles. The Morgan fingerprint density at radius 3 is 1.21 bits per heavy atom. The fraction of sp³-hybridized carbons (Fsp3) is 0.492. The van der Waals surface area contributed by atoms with Gasteiger partial charge in [0.15, 0.2) is 16.7 Å². The Hall–Kier alpha value is -10.5. The van der Waals surface area contributed by atoms with Crippen molar-refractivity contribution in [3.05, 3.63) is 263 Å². The molecule has 11 aliphatic rings. The molecule has 5 aromatic heterocycles. The summed E-state index contributed by atoms with van der Waals surface area (Å²) in [6.45, 7) is 37.9. The normalized spacial score (nSPS) is 33.1. The highest BCUT2D eigenvalue weighted by atomic mass is 16.3. The zero-order valence-electron chi connectivity index (χ0n) is 105. The van der Waals surface area contributed by atoms with E-state index in [1.807, 2.05) is 211 Å². The molecular weight excluding hydrogens is 1670 g/mol. The Kier molecular flexibility index (Phi) is 18.7. The Bertz CT molecular complexity index is 7470. The van der Waals surface area contributed by atoms with Crippen molar-refractivity contribution >= 4 is 112 Å². The molecule has 0 N–H and O–H groups in total. The van der Waals surface area contributed by atoms with Crippen molar-refractivity contribution in [3.8, 4) is 0 Å². The third-order valence-electron chi connectivity index (χ3n) is 34.2. The van der Waals surface area contributed by atoms with Crippen LogP contribution >= 0.6 is 0 Å². The molecule has 2 spiro atoms. The van der Waals surface area contributed by atoms with Gasteiger partial charge in [0.2, 0.25) is 5.71 Å². The van der Waals surface area contributed by atoms with Gasteiger partial charge < -0.3 is 42.7 Å². The maximum atomic E-state index is 9.52. The van der Waals surface area contributed by atoms with Gasteiger partial charge in [-0.05, 0) is 348 Å². The largest absolute Gasteiger partial charge is 0.454 e. The van der Waals surface area contributed by atoms with E-state index >= 15 is 0 Å². The standard InChI is InChI=1S/C25H31NO.C23H33N.C22H27NO.C21H26N2O.C18H21N.C17H20N2/c1-17-12-13-20-19-10-6-7-11-21(19)27-23(20)22(17)26-18(2)25(16-24(26,3)4)14-8-5-9-15-25;1-15-7-5-6-8-21(15)24-16(2)23(14-22(24,3)4)19-10-17-9-18(12-19)13-20(23)11-17;1-14-11-12-17-16-9-7-8-10-18(16)24-20(17)19(14)23-15(2)21(3,4)13-22(23,5)6;1-13-9-10-15-16-8-7-11-22-19(16)24-18(15)17(13)23-14(2)20(3,4)12-21(23,5)6;1-13-9-5-7-11-16(13)19-14(2)18(3,4)15-10-6-8-12-17(15)19;1-12-8-5-6-10-15(12)19-13(2)17(3,4)14-9-7-11-18-16(14)19/h6-7,10-13,18H,5,8-9,14-16H2,1-4H3;5-8,16-20H,9-14H2,1-4H3;7-12,15H,13H2,1-6H3;7-11,14H,12H2,1-6H3;5-12,14H,1-4H3;5-11,13H,1-4H3/i16D2;14D2;3D3,13D2;3D3,12D2;2*3D3. The minimum Gasteiger partial charge on any atom is -0.454 e. The first kappa shape index (κ1) is 73.6. The zero-order chi connectivity index (χ0) is 114. The van der Waals surface area contributed by atoms with Crippen LogP contribution in [0, 0.1) is 86.9 Å². The first-order chi connectivity index (χ1) is 73.0. The van der Waals surface area contributed by atoms with Crippen LogP contribution in [-0.2, 0) is 10.8 Å². The SMILES string of the molecule is [2H]C([2H])([2H])C1(C)C(C)N(c2c(C)ccc3c2oc2ccccc23)C(C)(C)C1([2H])[2H].[2H]C([2H])([2H])C1(C)C(C)N(c2c(C)ccc3c2oc2ncccc23)C(C)(C)C1([2H])[2H].[2H]C([2H])([2H])C1(C)c2ccccc2N(c2ccccc2C)C1C.[2H]C([2H])([2H])C1(C)c2cccnc2N(c2ccccc2C)C1C.[2H]C1([2H])C2(C3CC4CC(C3)CC2C4)C(C)N(c2ccccc2C)C1(C)C.[2H]C1([2H])C2(CCCCC2)C(C)N(c2c(C)ccc3c2oc2ccccc23)C1(C)C. The van der Waals surface area contributed by atoms with E-state index in [0.717, 1.165) is 165 Å². The van der Waals surface area contributed by atoms with Gasteiger partial charge in [0, 0.05) is 170 Å². The van der Waals surface area contributed by atoms with Crippen molar-refractivity contribution in [2.45, 2.75) is 353 Å². The van der Waals surface area contributed by atoms with Crippen LogP contribution in [-0.4, -0.2) is 68.4 Å². The summed E-state index contributed by atoms with van der Waals surface area (Å²) >= 11 is 0. The van der Waals surface area contributed by atoms with Crippen molar-refractivity contribution in [2.24, 2.45) is 45.3 Å². The minimum atomic E-state index is -2.47. The van der Waals surface area contributed by atoms with Crippen LogP contribution < -0.4 is 29.4 Å². The van der Waals surface area contributed by atoms with E-state index in [0.29, 0.717) is 28.7 Å². The monoisotopic (exact) mass is 1850 g/mol. The number of benzene rings is 9. The molecule has 14 aromatic rings. The van der Waals surface area contributed by atoms with Crippen LogP contribution in [0.2, 0.25) is 0 Å². The van der Waals surface area contributed by atoms with E-state index in [2.05, 4.69) is 153 Å². The predicted molar refractivity (Wildman–Crippen MR) is 582 cm³/mol. The summed E-state index contributed by atoms with van der Waals surface area (Å²) in [6.07, 6.45) is 8.92. The van der Waals surface area contributed by atoms with Crippen molar-refractivity contribution in [1.29, 1.82) is 0 Å². The number of hydrogen-bond donors (Lipinski definition) is 0. The van der Waals surface area contributed by atoms with Gasteiger partial charge in [-0.15, -0.1) is 0 Å². The highest BCUT2D eigenvalue weighted by Gasteiger charge is 2.66. The average Bonchev–Trinajstić information content (AvgIpc) is 1.48. The molecule has 4 bridgehead atoms. The van der Waals surface area contributed by atoms with E-state index in [-0.39, 0.29) is 35.0 Å². The number of anilines is 8. The molecule has 137 heavy (non-hydrogen) atoms. The molecule has 10 atom stereocenters. The van der Waals surface area contributed by atoms with Gasteiger partial charge in [-0.3, -0.25) is 0 Å². The van der Waals surface area contributed by atoms with Crippen molar-refractivity contribution < 1.29 is 40.7 Å². The molecular formula is C126H158N8O3. The number of fused-ring (bicyclic) bond motifs is 11. The van der Waals surface area contributed by atoms with E-state index < -0.39 is 109 Å². The fourth-order valence-corrected chi connectivity index (χ4v) is 27.5. The molecule has 25 rings (SSSR count). The van der Waals surface area contributed by atoms with Crippen LogP contribution in [0.25, 0.3) is 65.9 Å². The molecule has 9 fully saturated rings. The molecule has 11 nitrogen and oxygen atoms in total. The number of nitrogens with zero attached hydrogens (tertiary/aromatic N) is 8. The summed E-state index contributed by atoms with van der Waals surface area (Å²) in [4.78, 5) is 21.8. The van der Waals surface area contributed by atoms with Crippen LogP contribution in [0.5, 0.6) is 0 Å². The molecule has 5 aliphatic carbocycles. The third-order valence-corrected chi connectivity index (χ3v) is 34.2. The van der Waals surface area contributed by atoms with Crippen LogP contribution in [0.3, 0.4) is 0 Å². The Labute approximate surface area is 848 Å². The topological polar surface area (TPSA) is 84.6 Å². The van der Waals surface area contributed by atoms with Gasteiger partial charge in [-0.25, -0.2) is 9.97 Å². The molecule has 4 saturated heterocycles. The quantitative estimate of drug-likeness (QED) is 0.160. The Morgan fingerprint density at radius 2 is 0.715 bits per heavy atom. The number of hydrogen-bond acceptors (Lipinski definition) is 11. The van der Waals surface area contributed by atoms with E-state index in [9.17, 15) is 5.48 Å². The number of pyridine rings is 2. The predicted octanol–water partition coefficient (Wildman–Crippen LogP) is 34.0. The number of rotatable bonds is 6. The van der Waals surface area contributed by atoms with Crippen LogP contribution in [0.1, 0.15) is 314 Å². The smallest absolute Gasteiger partial charge is 0.227 e. The summed E-state index contributed by atoms with van der Waals surface area (Å²) in [6, 6.07) is 67.3. The maximum absolute atomic E-state index is 9.52. The second-order valence-electron chi connectivity index (χ2n) is 45.0. The lowest BCUT2D eigenvalue weighted by atomic mass is 9.43. The zero-order valence-corrected chi connectivity index (χ0v) is 85.4. The third kappa shape index (κ3) is 15.9. The lowest BCUT2D eigenvalue weighted by Gasteiger charge is -2.62. The second-order valence-corrected chi connectivity index (χ2v) is 45.0. The number of para-hydroxylation sites is 6. The van der Waals surface area contributed by atoms with E-state index in [1.54, 1.807) is 60.9 Å². The summed E-state index contributed by atoms with van der Waals surface area (Å²) < 4.78 is 190. The van der Waals surface area contributed by atoms with Crippen molar-refractivity contribution in [3.63, 3.8) is 0 Å². The average molecular weight is 1850 g/mol. The number of furan rings is 3. The van der Waals surface area contributed by atoms with Gasteiger partial charge in [-0.1, -0.05) is 226 Å². The van der Waals surface area contributed by atoms with Crippen LogP contribution in [0.4, 0.5) is 45.6 Å². The highest BCUT2D eigenvalue weighted by molar-refractivity contribution is 6.12. The Morgan fingerprint density at radius 1 is 0.321 bits per heavy atom. The van der Waals surface area contributed by atoms with Gasteiger partial charge in [0.1, 0.15) is 17.0 Å². The van der Waals surface area contributed by atoms with E-state index in [1.165, 1.54) is 49.8 Å². The summed E-state index contributed by atoms with van der Waals surface area (Å²) in [5.74, 6) is 3.64. The summed E-state index contributed by atoms with van der Waals surface area (Å²) in [5.41, 5.74) is 10.8. The summed E-state index contributed by atoms with van der Waals surface area (Å²) in [7, 11) is 0. The molecule has 9 aromatic carbocycles. The van der Waals surface area contributed by atoms with E-state index in [4.69, 9.17) is 35.2 Å². The molecule has 11 heteroatoms. The van der Waals surface area contributed by atoms with Gasteiger partial charge in [0.25, 0.3) is 0 Å². The first-order valence-corrected chi connectivity index (χ1v) is 50.6. The Balaban J connectivity index is 0.000000117. The molecule has 10 unspecified atom stereocenters. The van der Waals surface area contributed by atoms with Gasteiger partial charge in [0.05, 0.1) is 17.1 Å². The molecule has 720 valence electrons. The molecule has 11 heterocycles. The van der Waals surface area contributed by atoms with Crippen LogP contribution in [0.15, 0.2) is 232 Å². The highest BCUT2D eigenvalue weighted by Crippen LogP contribution is 2.70. The van der Waals surface area contributed by atoms with Gasteiger partial charge in [-0.2, -0.15) is 0 Å².